The molecule has 3 rings (SSSR count). The number of aliphatic hydroxyl groups excluding tert-OH is 1. The molecule has 1 unspecified atom stereocenters. The van der Waals surface area contributed by atoms with Crippen LogP contribution in [0.4, 0.5) is 5.82 Å². The summed E-state index contributed by atoms with van der Waals surface area (Å²) >= 11 is 0. The first-order chi connectivity index (χ1) is 9.37. The number of nitrogens with two attached hydrogens (primary N) is 1. The highest BCUT2D eigenvalue weighted by Crippen LogP contribution is 2.52. The molecule has 2 fully saturated rings. The molecule has 0 spiro atoms. The number of ether oxygens (including phenoxy) is 1. The molecular formula is C9H12N3O7P. The van der Waals surface area contributed by atoms with Gasteiger partial charge in [-0.25, -0.2) is 9.36 Å². The molecule has 0 amide bonds. The highest BCUT2D eigenvalue weighted by atomic mass is 31.2. The van der Waals surface area contributed by atoms with Gasteiger partial charge in [-0.15, -0.1) is 0 Å². The van der Waals surface area contributed by atoms with E-state index in [4.69, 9.17) is 15.0 Å². The maximum Gasteiger partial charge on any atom is 0.472 e. The molecule has 2 aliphatic rings. The molecule has 4 N–H and O–H groups in total. The Balaban J connectivity index is 1.90. The van der Waals surface area contributed by atoms with Crippen LogP contribution in [0, 0.1) is 0 Å². The smallest absolute Gasteiger partial charge is 0.386 e. The molecule has 2 aliphatic heterocycles. The predicted molar refractivity (Wildman–Crippen MR) is 63.5 cm³/mol. The number of hydrogen-bond acceptors (Lipinski definition) is 8. The standard InChI is InChI=1S/C9H12N3O7P/c10-5-1-2-12(9(14)11-5)8-6(13)7-4(18-8)3-17-20(15,16)19-7/h1-2,4,6-8,13H,3H2,(H,15,16)(H2,10,11,14)/t4-,6-,7-,8-/m1/s1. The highest BCUT2D eigenvalue weighted by Gasteiger charge is 2.52. The van der Waals surface area contributed by atoms with E-state index in [2.05, 4.69) is 9.51 Å². The minimum absolute atomic E-state index is 0.0376. The maximum atomic E-state index is 11.7. The number of nitrogens with zero attached hydrogens (tertiary/aromatic N) is 2. The third-order valence-electron chi connectivity index (χ3n) is 3.09. The molecule has 1 aromatic heterocycles. The molecule has 11 heteroatoms. The van der Waals surface area contributed by atoms with E-state index in [1.807, 2.05) is 0 Å². The first-order valence-electron chi connectivity index (χ1n) is 5.71. The van der Waals surface area contributed by atoms with Crippen LogP contribution >= 0.6 is 7.82 Å². The van der Waals surface area contributed by atoms with Crippen LogP contribution in [0.15, 0.2) is 17.1 Å². The molecular weight excluding hydrogens is 293 g/mol. The summed E-state index contributed by atoms with van der Waals surface area (Å²) in [5.41, 5.74) is 4.66. The lowest BCUT2D eigenvalue weighted by Crippen LogP contribution is -2.40. The second-order valence-corrected chi connectivity index (χ2v) is 5.84. The molecule has 110 valence electrons. The number of rotatable bonds is 1. The van der Waals surface area contributed by atoms with Crippen LogP contribution in [0.5, 0.6) is 0 Å². The van der Waals surface area contributed by atoms with Gasteiger partial charge in [0.25, 0.3) is 0 Å². The van der Waals surface area contributed by atoms with E-state index in [0.717, 1.165) is 4.57 Å². The lowest BCUT2D eigenvalue weighted by molar-refractivity contribution is -0.0685. The van der Waals surface area contributed by atoms with Crippen molar-refractivity contribution in [2.75, 3.05) is 12.3 Å². The second kappa shape index (κ2) is 4.62. The monoisotopic (exact) mass is 305 g/mol. The van der Waals surface area contributed by atoms with E-state index in [1.165, 1.54) is 12.3 Å². The molecule has 10 nitrogen and oxygen atoms in total. The SMILES string of the molecule is Nc1ccn([C@@H]2O[C@@H]3COP(=O)(O)O[C@H]3[C@H]2O)c(=O)n1. The van der Waals surface area contributed by atoms with Crippen molar-refractivity contribution in [1.29, 1.82) is 0 Å². The summed E-state index contributed by atoms with van der Waals surface area (Å²) in [6.45, 7) is -0.219. The average Bonchev–Trinajstić information content (AvgIpc) is 2.66. The van der Waals surface area contributed by atoms with E-state index < -0.39 is 38.1 Å². The third kappa shape index (κ3) is 2.26. The number of phosphoric ester groups is 1. The van der Waals surface area contributed by atoms with E-state index >= 15 is 0 Å². The first kappa shape index (κ1) is 13.7. The fourth-order valence-electron chi connectivity index (χ4n) is 2.19. The Kier molecular flexibility index (Phi) is 3.16. The normalized spacial score (nSPS) is 40.5. The van der Waals surface area contributed by atoms with Crippen LogP contribution in [-0.4, -0.2) is 44.5 Å². The topological polar surface area (TPSA) is 146 Å². The van der Waals surface area contributed by atoms with E-state index in [1.54, 1.807) is 0 Å². The number of phosphoric acid groups is 1. The number of fused-ring (bicyclic) bond motifs is 1. The van der Waals surface area contributed by atoms with Crippen LogP contribution in [0.1, 0.15) is 6.23 Å². The summed E-state index contributed by atoms with van der Waals surface area (Å²) in [6, 6.07) is 1.37. The van der Waals surface area contributed by atoms with Gasteiger partial charge in [0.1, 0.15) is 24.1 Å². The summed E-state index contributed by atoms with van der Waals surface area (Å²) in [5, 5.41) is 10.1. The van der Waals surface area contributed by atoms with Crippen molar-refractivity contribution in [3.8, 4) is 0 Å². The van der Waals surface area contributed by atoms with Gasteiger partial charge in [-0.05, 0) is 6.07 Å². The summed E-state index contributed by atoms with van der Waals surface area (Å²) in [5.74, 6) is 0.0376. The Morgan fingerprint density at radius 3 is 3.00 bits per heavy atom. The Labute approximate surface area is 112 Å². The van der Waals surface area contributed by atoms with Crippen LogP contribution in [0.3, 0.4) is 0 Å². The summed E-state index contributed by atoms with van der Waals surface area (Å²) in [4.78, 5) is 24.5. The zero-order valence-corrected chi connectivity index (χ0v) is 10.9. The van der Waals surface area contributed by atoms with Crippen LogP contribution in [-0.2, 0) is 18.3 Å². The molecule has 2 saturated heterocycles. The average molecular weight is 305 g/mol. The van der Waals surface area contributed by atoms with Crippen LogP contribution in [0.25, 0.3) is 0 Å². The van der Waals surface area contributed by atoms with Crippen molar-refractivity contribution in [1.82, 2.24) is 9.55 Å². The quantitative estimate of drug-likeness (QED) is 0.533. The number of anilines is 1. The summed E-state index contributed by atoms with van der Waals surface area (Å²) in [7, 11) is -4.19. The van der Waals surface area contributed by atoms with Gasteiger partial charge in [-0.2, -0.15) is 4.98 Å². The first-order valence-corrected chi connectivity index (χ1v) is 7.21. The minimum Gasteiger partial charge on any atom is -0.386 e. The minimum atomic E-state index is -4.19. The van der Waals surface area contributed by atoms with E-state index in [0.29, 0.717) is 0 Å². The predicted octanol–water partition coefficient (Wildman–Crippen LogP) is -1.40. The molecule has 3 heterocycles. The lowest BCUT2D eigenvalue weighted by Gasteiger charge is -2.27. The number of hydrogen-bond donors (Lipinski definition) is 3. The molecule has 5 atom stereocenters. The van der Waals surface area contributed by atoms with Gasteiger partial charge in [0.05, 0.1) is 6.61 Å². The molecule has 0 aliphatic carbocycles. The fourth-order valence-corrected chi connectivity index (χ4v) is 3.15. The van der Waals surface area contributed by atoms with E-state index in [-0.39, 0.29) is 12.4 Å². The summed E-state index contributed by atoms with van der Waals surface area (Å²) in [6.07, 6.45) is -2.91. The Hall–Kier alpha value is -1.29. The Morgan fingerprint density at radius 1 is 1.55 bits per heavy atom. The number of aromatic nitrogens is 2. The Bertz CT molecular complexity index is 634. The van der Waals surface area contributed by atoms with Crippen LogP contribution in [0.2, 0.25) is 0 Å². The maximum absolute atomic E-state index is 11.7. The van der Waals surface area contributed by atoms with Crippen molar-refractivity contribution in [2.24, 2.45) is 0 Å². The van der Waals surface area contributed by atoms with Gasteiger partial charge < -0.3 is 20.5 Å². The fraction of sp³-hybridized carbons (Fsp3) is 0.556. The molecule has 0 radical (unpaired) electrons. The van der Waals surface area contributed by atoms with Crippen LogP contribution < -0.4 is 11.4 Å². The largest absolute Gasteiger partial charge is 0.472 e. The molecule has 20 heavy (non-hydrogen) atoms. The third-order valence-corrected chi connectivity index (χ3v) is 4.08. The Morgan fingerprint density at radius 2 is 2.30 bits per heavy atom. The number of aliphatic hydroxyl groups is 1. The lowest BCUT2D eigenvalue weighted by atomic mass is 10.1. The molecule has 0 saturated carbocycles. The molecule has 1 aromatic rings. The zero-order chi connectivity index (χ0) is 14.5. The molecule has 0 bridgehead atoms. The summed E-state index contributed by atoms with van der Waals surface area (Å²) < 4.78 is 27.2. The molecule has 0 aromatic carbocycles. The zero-order valence-electron chi connectivity index (χ0n) is 10.0. The van der Waals surface area contributed by atoms with Gasteiger partial charge in [0, 0.05) is 6.20 Å². The number of nitrogen functional groups attached to an aromatic ring is 1. The van der Waals surface area contributed by atoms with Crippen molar-refractivity contribution >= 4 is 13.6 Å². The van der Waals surface area contributed by atoms with Crippen molar-refractivity contribution in [2.45, 2.75) is 24.5 Å². The van der Waals surface area contributed by atoms with E-state index in [9.17, 15) is 19.4 Å². The highest BCUT2D eigenvalue weighted by molar-refractivity contribution is 7.47. The van der Waals surface area contributed by atoms with Crippen molar-refractivity contribution in [3.05, 3.63) is 22.7 Å². The second-order valence-electron chi connectivity index (χ2n) is 4.43. The van der Waals surface area contributed by atoms with Crippen molar-refractivity contribution < 1.29 is 28.3 Å². The van der Waals surface area contributed by atoms with Gasteiger partial charge in [0.2, 0.25) is 0 Å². The van der Waals surface area contributed by atoms with Gasteiger partial charge in [-0.1, -0.05) is 0 Å². The van der Waals surface area contributed by atoms with Gasteiger partial charge in [-0.3, -0.25) is 13.6 Å². The van der Waals surface area contributed by atoms with Crippen molar-refractivity contribution in [3.63, 3.8) is 0 Å². The van der Waals surface area contributed by atoms with Gasteiger partial charge in [0.15, 0.2) is 6.23 Å². The van der Waals surface area contributed by atoms with Gasteiger partial charge >= 0.3 is 13.5 Å².